The third kappa shape index (κ3) is 3.69. The molecular formula is C31H41NO3. The van der Waals surface area contributed by atoms with Gasteiger partial charge in [0.25, 0.3) is 0 Å². The Morgan fingerprint density at radius 2 is 1.71 bits per heavy atom. The molecule has 1 N–H and O–H groups in total. The summed E-state index contributed by atoms with van der Waals surface area (Å²) in [6.45, 7) is 5.92. The van der Waals surface area contributed by atoms with Gasteiger partial charge in [0.2, 0.25) is 5.91 Å². The van der Waals surface area contributed by atoms with Crippen molar-refractivity contribution in [3.8, 4) is 0 Å². The predicted molar refractivity (Wildman–Crippen MR) is 137 cm³/mol. The van der Waals surface area contributed by atoms with Crippen LogP contribution >= 0.6 is 0 Å². The van der Waals surface area contributed by atoms with Crippen LogP contribution in [-0.2, 0) is 20.7 Å². The minimum absolute atomic E-state index is 0.0109. The average molecular weight is 476 g/mol. The van der Waals surface area contributed by atoms with Crippen LogP contribution in [0.4, 0.5) is 0 Å². The summed E-state index contributed by atoms with van der Waals surface area (Å²) in [7, 11) is 0. The first kappa shape index (κ1) is 23.3. The summed E-state index contributed by atoms with van der Waals surface area (Å²) in [6, 6.07) is 8.96. The van der Waals surface area contributed by atoms with Crippen LogP contribution in [0.3, 0.4) is 0 Å². The lowest BCUT2D eigenvalue weighted by molar-refractivity contribution is -0.164. The van der Waals surface area contributed by atoms with Gasteiger partial charge in [-0.2, -0.15) is 0 Å². The molecule has 0 radical (unpaired) electrons. The number of esters is 1. The normalized spacial score (nSPS) is 34.8. The van der Waals surface area contributed by atoms with E-state index in [9.17, 15) is 9.59 Å². The summed E-state index contributed by atoms with van der Waals surface area (Å²) < 4.78 is 6.49. The third-order valence-electron chi connectivity index (χ3n) is 10.3. The standard InChI is InChI=1S/C31H41NO3/c1-29(2,3)28(34)32-25-10-6-16-31(25)17-7-11-26(31)35-27(33)24-15-13-22-21-9-5-4-8-20(21)12-14-23(22)30(24)18-19-30/h4-5,8-9,13,23-26H,6-7,10-12,14-19H2,1-3H3,(H,32,34)/t23-,24-,25-,26-,31-/m1/s1. The number of hydrogen-bond acceptors (Lipinski definition) is 3. The number of carbonyl (C=O) groups excluding carboxylic acids is 2. The molecule has 1 aromatic rings. The Hall–Kier alpha value is -2.10. The molecule has 0 aromatic heterocycles. The second-order valence-corrected chi connectivity index (χ2v) is 13.1. The molecule has 3 fully saturated rings. The van der Waals surface area contributed by atoms with Gasteiger partial charge in [-0.3, -0.25) is 9.59 Å². The highest BCUT2D eigenvalue weighted by atomic mass is 16.5. The highest BCUT2D eigenvalue weighted by Crippen LogP contribution is 2.66. The van der Waals surface area contributed by atoms with E-state index < -0.39 is 5.41 Å². The number of allylic oxidation sites excluding steroid dienone is 2. The van der Waals surface area contributed by atoms with Gasteiger partial charge in [-0.1, -0.05) is 57.5 Å². The molecule has 0 heterocycles. The second kappa shape index (κ2) is 8.21. The van der Waals surface area contributed by atoms with E-state index in [0.29, 0.717) is 5.92 Å². The van der Waals surface area contributed by atoms with Gasteiger partial charge in [0.15, 0.2) is 0 Å². The molecule has 35 heavy (non-hydrogen) atoms. The Bertz CT molecular complexity index is 1060. The lowest BCUT2D eigenvalue weighted by atomic mass is 9.63. The zero-order valence-electron chi connectivity index (χ0n) is 21.7. The fourth-order valence-corrected chi connectivity index (χ4v) is 8.24. The Morgan fingerprint density at radius 1 is 0.971 bits per heavy atom. The molecule has 2 spiro atoms. The first-order valence-electron chi connectivity index (χ1n) is 14.0. The van der Waals surface area contributed by atoms with Crippen molar-refractivity contribution in [1.29, 1.82) is 0 Å². The topological polar surface area (TPSA) is 55.4 Å². The molecule has 0 saturated heterocycles. The smallest absolute Gasteiger partial charge is 0.310 e. The van der Waals surface area contributed by atoms with Crippen LogP contribution in [0, 0.1) is 28.1 Å². The SMILES string of the molecule is CC(C)(C)C(=O)N[C@@H]1CCC[C@@]12CCC[C@H]2OC(=O)[C@H]1CC=C2c3ccccc3CC[C@H]2C12CC2. The second-order valence-electron chi connectivity index (χ2n) is 13.1. The Kier molecular flexibility index (Phi) is 5.47. The zero-order valence-corrected chi connectivity index (χ0v) is 21.7. The van der Waals surface area contributed by atoms with Crippen molar-refractivity contribution >= 4 is 17.4 Å². The van der Waals surface area contributed by atoms with Gasteiger partial charge >= 0.3 is 5.97 Å². The number of ether oxygens (including phenoxy) is 1. The van der Waals surface area contributed by atoms with E-state index in [2.05, 4.69) is 35.7 Å². The van der Waals surface area contributed by atoms with Crippen LogP contribution in [0.5, 0.6) is 0 Å². The number of hydrogen-bond donors (Lipinski definition) is 1. The molecule has 188 valence electrons. The lowest BCUT2D eigenvalue weighted by Crippen LogP contribution is -2.52. The van der Waals surface area contributed by atoms with Gasteiger partial charge in [-0.25, -0.2) is 0 Å². The monoisotopic (exact) mass is 475 g/mol. The number of benzene rings is 1. The molecule has 0 aliphatic heterocycles. The Labute approximate surface area is 210 Å². The molecule has 5 aliphatic carbocycles. The first-order valence-corrected chi connectivity index (χ1v) is 14.0. The molecular weight excluding hydrogens is 434 g/mol. The fraction of sp³-hybridized carbons (Fsp3) is 0.677. The predicted octanol–water partition coefficient (Wildman–Crippen LogP) is 6.23. The van der Waals surface area contributed by atoms with Crippen molar-refractivity contribution in [2.45, 2.75) is 104 Å². The van der Waals surface area contributed by atoms with Gasteiger partial charge < -0.3 is 10.1 Å². The van der Waals surface area contributed by atoms with E-state index in [4.69, 9.17) is 4.74 Å². The maximum atomic E-state index is 13.8. The molecule has 5 aliphatic rings. The molecule has 6 rings (SSSR count). The van der Waals surface area contributed by atoms with E-state index in [1.54, 1.807) is 0 Å². The van der Waals surface area contributed by atoms with E-state index in [0.717, 1.165) is 70.6 Å². The molecule has 1 aromatic carbocycles. The van der Waals surface area contributed by atoms with E-state index >= 15 is 0 Å². The fourth-order valence-electron chi connectivity index (χ4n) is 8.24. The molecule has 4 heteroatoms. The van der Waals surface area contributed by atoms with Crippen molar-refractivity contribution in [1.82, 2.24) is 5.32 Å². The highest BCUT2D eigenvalue weighted by Gasteiger charge is 2.61. The largest absolute Gasteiger partial charge is 0.461 e. The summed E-state index contributed by atoms with van der Waals surface area (Å²) in [5.41, 5.74) is 4.00. The Morgan fingerprint density at radius 3 is 2.46 bits per heavy atom. The first-order chi connectivity index (χ1) is 16.7. The van der Waals surface area contributed by atoms with E-state index in [1.807, 2.05) is 20.8 Å². The van der Waals surface area contributed by atoms with Gasteiger partial charge in [-0.15, -0.1) is 0 Å². The van der Waals surface area contributed by atoms with Gasteiger partial charge in [0.1, 0.15) is 6.10 Å². The molecule has 0 unspecified atom stereocenters. The van der Waals surface area contributed by atoms with Crippen LogP contribution in [0.25, 0.3) is 5.57 Å². The van der Waals surface area contributed by atoms with Crippen molar-refractivity contribution in [2.24, 2.45) is 28.1 Å². The van der Waals surface area contributed by atoms with Crippen molar-refractivity contribution in [3.05, 3.63) is 41.5 Å². The maximum Gasteiger partial charge on any atom is 0.310 e. The third-order valence-corrected chi connectivity index (χ3v) is 10.3. The van der Waals surface area contributed by atoms with Crippen LogP contribution in [0.1, 0.15) is 96.1 Å². The van der Waals surface area contributed by atoms with Crippen molar-refractivity contribution < 1.29 is 14.3 Å². The summed E-state index contributed by atoms with van der Waals surface area (Å²) in [5, 5.41) is 3.37. The summed E-state index contributed by atoms with van der Waals surface area (Å²) in [6.07, 6.45) is 13.9. The minimum Gasteiger partial charge on any atom is -0.461 e. The average Bonchev–Trinajstić information content (AvgIpc) is 3.34. The van der Waals surface area contributed by atoms with E-state index in [-0.39, 0.29) is 40.8 Å². The highest BCUT2D eigenvalue weighted by molar-refractivity contribution is 5.82. The maximum absolute atomic E-state index is 13.8. The number of carbonyl (C=O) groups is 2. The molecule has 1 amide bonds. The number of amides is 1. The van der Waals surface area contributed by atoms with Crippen LogP contribution < -0.4 is 5.32 Å². The van der Waals surface area contributed by atoms with Crippen molar-refractivity contribution in [2.75, 3.05) is 0 Å². The Balaban J connectivity index is 1.21. The quantitative estimate of drug-likeness (QED) is 0.527. The van der Waals surface area contributed by atoms with Crippen LogP contribution in [-0.4, -0.2) is 24.0 Å². The summed E-state index contributed by atoms with van der Waals surface area (Å²) in [5.74, 6) is 0.630. The van der Waals surface area contributed by atoms with Crippen LogP contribution in [0.2, 0.25) is 0 Å². The van der Waals surface area contributed by atoms with Gasteiger partial charge in [0.05, 0.1) is 5.92 Å². The molecule has 0 bridgehead atoms. The number of rotatable bonds is 3. The number of fused-ring (bicyclic) bond motifs is 4. The van der Waals surface area contributed by atoms with Gasteiger partial charge in [0, 0.05) is 16.9 Å². The van der Waals surface area contributed by atoms with Crippen molar-refractivity contribution in [3.63, 3.8) is 0 Å². The number of aryl methyl sites for hydroxylation is 1. The van der Waals surface area contributed by atoms with Crippen LogP contribution in [0.15, 0.2) is 30.3 Å². The minimum atomic E-state index is -0.405. The molecule has 5 atom stereocenters. The van der Waals surface area contributed by atoms with E-state index in [1.165, 1.54) is 16.7 Å². The molecule has 4 nitrogen and oxygen atoms in total. The summed E-state index contributed by atoms with van der Waals surface area (Å²) >= 11 is 0. The summed E-state index contributed by atoms with van der Waals surface area (Å²) in [4.78, 5) is 26.6. The molecule has 3 saturated carbocycles. The zero-order chi connectivity index (χ0) is 24.4. The number of nitrogens with one attached hydrogen (secondary N) is 1. The lowest BCUT2D eigenvalue weighted by Gasteiger charge is -2.43. The van der Waals surface area contributed by atoms with Gasteiger partial charge in [-0.05, 0) is 92.2 Å².